The maximum atomic E-state index is 4.25. The normalized spacial score (nSPS) is 22.1. The van der Waals surface area contributed by atoms with Crippen molar-refractivity contribution in [2.45, 2.75) is 25.3 Å². The summed E-state index contributed by atoms with van der Waals surface area (Å²) in [6, 6.07) is 0.496. The van der Waals surface area contributed by atoms with Crippen molar-refractivity contribution in [3.05, 3.63) is 16.1 Å². The molecule has 1 aromatic rings. The molecule has 1 atom stereocenters. The molecule has 1 unspecified atom stereocenters. The van der Waals surface area contributed by atoms with Gasteiger partial charge in [-0.05, 0) is 42.0 Å². The summed E-state index contributed by atoms with van der Waals surface area (Å²) in [7, 11) is 0. The molecule has 82 valence electrons. The van der Waals surface area contributed by atoms with E-state index in [1.165, 1.54) is 19.3 Å². The molecule has 1 fully saturated rings. The third-order valence-electron chi connectivity index (χ3n) is 2.56. The van der Waals surface area contributed by atoms with Gasteiger partial charge in [0.05, 0.1) is 3.57 Å². The molecule has 1 aliphatic heterocycles. The summed E-state index contributed by atoms with van der Waals surface area (Å²) in [4.78, 5) is 8.23. The summed E-state index contributed by atoms with van der Waals surface area (Å²) in [5.74, 6) is 0.958. The van der Waals surface area contributed by atoms with Crippen LogP contribution in [0.15, 0.2) is 12.5 Å². The van der Waals surface area contributed by atoms with Gasteiger partial charge in [0, 0.05) is 18.8 Å². The lowest BCUT2D eigenvalue weighted by Crippen LogP contribution is -2.31. The van der Waals surface area contributed by atoms with E-state index in [9.17, 15) is 0 Å². The smallest absolute Gasteiger partial charge is 0.143 e. The van der Waals surface area contributed by atoms with Gasteiger partial charge in [0.2, 0.25) is 0 Å². The first-order valence-electron chi connectivity index (χ1n) is 5.29. The zero-order chi connectivity index (χ0) is 10.5. The molecule has 0 amide bonds. The van der Waals surface area contributed by atoms with Crippen molar-refractivity contribution < 1.29 is 0 Å². The Labute approximate surface area is 103 Å². The van der Waals surface area contributed by atoms with E-state index < -0.39 is 0 Å². The topological polar surface area (TPSA) is 49.8 Å². The fourth-order valence-electron chi connectivity index (χ4n) is 1.75. The summed E-state index contributed by atoms with van der Waals surface area (Å²) >= 11 is 2.26. The summed E-state index contributed by atoms with van der Waals surface area (Å²) in [6.07, 6.45) is 7.20. The van der Waals surface area contributed by atoms with E-state index >= 15 is 0 Å². The predicted octanol–water partition coefficient (Wildman–Crippen LogP) is 1.64. The number of rotatable bonds is 2. The molecule has 0 radical (unpaired) electrons. The Morgan fingerprint density at radius 2 is 2.40 bits per heavy atom. The molecular formula is C10H15IN4. The van der Waals surface area contributed by atoms with Crippen LogP contribution >= 0.6 is 22.6 Å². The predicted molar refractivity (Wildman–Crippen MR) is 68.9 cm³/mol. The Morgan fingerprint density at radius 3 is 3.27 bits per heavy atom. The minimum Gasteiger partial charge on any atom is -0.365 e. The number of anilines is 1. The number of aromatic nitrogens is 2. The molecule has 0 saturated carbocycles. The highest BCUT2D eigenvalue weighted by Gasteiger charge is 2.12. The van der Waals surface area contributed by atoms with Gasteiger partial charge >= 0.3 is 0 Å². The number of nitrogens with zero attached hydrogens (tertiary/aromatic N) is 2. The van der Waals surface area contributed by atoms with Crippen LogP contribution in [-0.2, 0) is 0 Å². The van der Waals surface area contributed by atoms with Crippen LogP contribution in [0.4, 0.5) is 5.82 Å². The van der Waals surface area contributed by atoms with Crippen LogP contribution < -0.4 is 10.6 Å². The van der Waals surface area contributed by atoms with Gasteiger partial charge in [0.15, 0.2) is 0 Å². The average Bonchev–Trinajstić information content (AvgIpc) is 2.50. The standard InChI is InChI=1S/C10H15IN4/c11-9-6-13-7-14-10(9)15-8-3-1-2-4-12-5-8/h6-8,12H,1-5H2,(H,13,14,15). The van der Waals surface area contributed by atoms with Gasteiger partial charge in [0.1, 0.15) is 12.1 Å². The number of nitrogens with one attached hydrogen (secondary N) is 2. The Balaban J connectivity index is 1.98. The van der Waals surface area contributed by atoms with E-state index in [0.29, 0.717) is 6.04 Å². The second kappa shape index (κ2) is 5.60. The van der Waals surface area contributed by atoms with Gasteiger partial charge in [-0.3, -0.25) is 0 Å². The van der Waals surface area contributed by atoms with Crippen molar-refractivity contribution in [3.8, 4) is 0 Å². The molecule has 2 rings (SSSR count). The van der Waals surface area contributed by atoms with Gasteiger partial charge in [-0.15, -0.1) is 0 Å². The van der Waals surface area contributed by atoms with E-state index in [1.54, 1.807) is 6.33 Å². The van der Waals surface area contributed by atoms with Crippen molar-refractivity contribution in [2.75, 3.05) is 18.4 Å². The summed E-state index contributed by atoms with van der Waals surface area (Å²) in [5, 5.41) is 6.90. The van der Waals surface area contributed by atoms with Gasteiger partial charge in [-0.2, -0.15) is 0 Å². The first kappa shape index (κ1) is 11.1. The molecule has 1 aromatic heterocycles. The molecule has 0 spiro atoms. The van der Waals surface area contributed by atoms with Crippen molar-refractivity contribution in [3.63, 3.8) is 0 Å². The third-order valence-corrected chi connectivity index (χ3v) is 3.34. The fraction of sp³-hybridized carbons (Fsp3) is 0.600. The molecule has 5 heteroatoms. The van der Waals surface area contributed by atoms with Crippen LogP contribution in [0, 0.1) is 3.57 Å². The van der Waals surface area contributed by atoms with Gasteiger partial charge in [-0.1, -0.05) is 6.42 Å². The monoisotopic (exact) mass is 318 g/mol. The third kappa shape index (κ3) is 3.27. The molecule has 2 N–H and O–H groups in total. The lowest BCUT2D eigenvalue weighted by atomic mass is 10.1. The zero-order valence-electron chi connectivity index (χ0n) is 8.54. The van der Waals surface area contributed by atoms with Gasteiger partial charge in [-0.25, -0.2) is 9.97 Å². The van der Waals surface area contributed by atoms with Crippen LogP contribution in [0.3, 0.4) is 0 Å². The Hall–Kier alpha value is -0.430. The highest BCUT2D eigenvalue weighted by atomic mass is 127. The van der Waals surface area contributed by atoms with Gasteiger partial charge in [0.25, 0.3) is 0 Å². The van der Waals surface area contributed by atoms with Crippen LogP contribution in [0.25, 0.3) is 0 Å². The van der Waals surface area contributed by atoms with E-state index in [1.807, 2.05) is 6.20 Å². The van der Waals surface area contributed by atoms with Crippen molar-refractivity contribution >= 4 is 28.4 Å². The highest BCUT2D eigenvalue weighted by Crippen LogP contribution is 2.16. The van der Waals surface area contributed by atoms with E-state index in [2.05, 4.69) is 43.2 Å². The second-order valence-electron chi connectivity index (χ2n) is 3.76. The largest absolute Gasteiger partial charge is 0.365 e. The number of hydrogen-bond donors (Lipinski definition) is 2. The van der Waals surface area contributed by atoms with Crippen molar-refractivity contribution in [1.29, 1.82) is 0 Å². The van der Waals surface area contributed by atoms with Crippen LogP contribution in [-0.4, -0.2) is 29.1 Å². The molecule has 0 aromatic carbocycles. The Bertz CT molecular complexity index is 310. The molecule has 15 heavy (non-hydrogen) atoms. The highest BCUT2D eigenvalue weighted by molar-refractivity contribution is 14.1. The zero-order valence-corrected chi connectivity index (χ0v) is 10.7. The van der Waals surface area contributed by atoms with Crippen molar-refractivity contribution in [2.24, 2.45) is 0 Å². The van der Waals surface area contributed by atoms with Gasteiger partial charge < -0.3 is 10.6 Å². The second-order valence-corrected chi connectivity index (χ2v) is 4.92. The quantitative estimate of drug-likeness (QED) is 0.814. The Kier molecular flexibility index (Phi) is 4.13. The Morgan fingerprint density at radius 1 is 1.47 bits per heavy atom. The molecule has 1 aliphatic rings. The molecule has 0 bridgehead atoms. The summed E-state index contributed by atoms with van der Waals surface area (Å²) in [6.45, 7) is 2.17. The number of hydrogen-bond acceptors (Lipinski definition) is 4. The first-order chi connectivity index (χ1) is 7.36. The molecule has 4 nitrogen and oxygen atoms in total. The fourth-order valence-corrected chi connectivity index (χ4v) is 2.21. The van der Waals surface area contributed by atoms with E-state index in [-0.39, 0.29) is 0 Å². The SMILES string of the molecule is Ic1cncnc1NC1CCCCNC1. The summed E-state index contributed by atoms with van der Waals surface area (Å²) in [5.41, 5.74) is 0. The average molecular weight is 318 g/mol. The van der Waals surface area contributed by atoms with Crippen LogP contribution in [0.1, 0.15) is 19.3 Å². The first-order valence-corrected chi connectivity index (χ1v) is 6.37. The lowest BCUT2D eigenvalue weighted by Gasteiger charge is -2.17. The van der Waals surface area contributed by atoms with E-state index in [4.69, 9.17) is 0 Å². The maximum absolute atomic E-state index is 4.25. The number of halogens is 1. The lowest BCUT2D eigenvalue weighted by molar-refractivity contribution is 0.633. The molecule has 2 heterocycles. The summed E-state index contributed by atoms with van der Waals surface area (Å²) < 4.78 is 1.08. The van der Waals surface area contributed by atoms with Crippen LogP contribution in [0.5, 0.6) is 0 Å². The van der Waals surface area contributed by atoms with E-state index in [0.717, 1.165) is 22.5 Å². The minimum atomic E-state index is 0.496. The van der Waals surface area contributed by atoms with Crippen LogP contribution in [0.2, 0.25) is 0 Å². The maximum Gasteiger partial charge on any atom is 0.143 e. The molecule has 0 aliphatic carbocycles. The molecule has 1 saturated heterocycles. The molecular weight excluding hydrogens is 303 g/mol. The minimum absolute atomic E-state index is 0.496. The van der Waals surface area contributed by atoms with Crippen molar-refractivity contribution in [1.82, 2.24) is 15.3 Å².